The largest absolute Gasteiger partial charge is 0.367 e. The molecule has 1 aliphatic rings. The monoisotopic (exact) mass is 420 g/mol. The normalized spacial score (nSPS) is 15.2. The fourth-order valence-electron chi connectivity index (χ4n) is 3.00. The minimum Gasteiger partial charge on any atom is -0.367 e. The molecule has 1 aliphatic heterocycles. The van der Waals surface area contributed by atoms with Gasteiger partial charge in [-0.1, -0.05) is 29.3 Å². The van der Waals surface area contributed by atoms with E-state index < -0.39 is 10.0 Å². The first-order valence-corrected chi connectivity index (χ1v) is 10.2. The molecule has 0 N–H and O–H groups in total. The molecule has 0 radical (unpaired) electrons. The highest BCUT2D eigenvalue weighted by Crippen LogP contribution is 2.29. The van der Waals surface area contributed by atoms with Crippen LogP contribution < -0.4 is 4.90 Å². The van der Waals surface area contributed by atoms with E-state index in [1.54, 1.807) is 18.2 Å². The predicted molar refractivity (Wildman–Crippen MR) is 103 cm³/mol. The Balaban J connectivity index is 1.83. The summed E-state index contributed by atoms with van der Waals surface area (Å²) in [6.07, 6.45) is 0. The van der Waals surface area contributed by atoms with Gasteiger partial charge in [0.15, 0.2) is 0 Å². The van der Waals surface area contributed by atoms with Crippen LogP contribution in [0.2, 0.25) is 10.0 Å². The van der Waals surface area contributed by atoms with Crippen LogP contribution in [0.1, 0.15) is 11.1 Å². The summed E-state index contributed by atoms with van der Waals surface area (Å²) in [7, 11) is -3.70. The van der Waals surface area contributed by atoms with Crippen LogP contribution in [0.5, 0.6) is 0 Å². The van der Waals surface area contributed by atoms with Crippen molar-refractivity contribution >= 4 is 38.9 Å². The van der Waals surface area contributed by atoms with Gasteiger partial charge in [0.25, 0.3) is 0 Å². The zero-order valence-corrected chi connectivity index (χ0v) is 16.4. The van der Waals surface area contributed by atoms with E-state index in [0.717, 1.165) is 0 Å². The van der Waals surface area contributed by atoms with Crippen molar-refractivity contribution in [2.75, 3.05) is 31.1 Å². The SMILES string of the molecule is N#Cc1cccc(C#N)c1N1CCN(S(=O)(=O)c2ccc(Cl)c(Cl)c2)CC1. The van der Waals surface area contributed by atoms with Crippen LogP contribution in [-0.2, 0) is 10.0 Å². The molecule has 0 amide bonds. The Bertz CT molecular complexity index is 1030. The van der Waals surface area contributed by atoms with Crippen LogP contribution in [0.4, 0.5) is 5.69 Å². The van der Waals surface area contributed by atoms with Crippen molar-refractivity contribution in [2.24, 2.45) is 0 Å². The van der Waals surface area contributed by atoms with Crippen molar-refractivity contribution in [3.63, 3.8) is 0 Å². The third-order valence-electron chi connectivity index (χ3n) is 4.36. The smallest absolute Gasteiger partial charge is 0.243 e. The summed E-state index contributed by atoms with van der Waals surface area (Å²) in [5.74, 6) is 0. The zero-order valence-electron chi connectivity index (χ0n) is 14.1. The summed E-state index contributed by atoms with van der Waals surface area (Å²) in [4.78, 5) is 1.96. The number of hydrogen-bond acceptors (Lipinski definition) is 5. The van der Waals surface area contributed by atoms with E-state index in [-0.39, 0.29) is 28.0 Å². The number of benzene rings is 2. The highest BCUT2D eigenvalue weighted by molar-refractivity contribution is 7.89. The van der Waals surface area contributed by atoms with Gasteiger partial charge in [0, 0.05) is 26.2 Å². The molecular formula is C18H14Cl2N4O2S. The summed E-state index contributed by atoms with van der Waals surface area (Å²) in [5, 5.41) is 19.1. The molecular weight excluding hydrogens is 407 g/mol. The number of anilines is 1. The maximum atomic E-state index is 12.8. The Hall–Kier alpha value is -2.29. The van der Waals surface area contributed by atoms with Gasteiger partial charge in [-0.15, -0.1) is 0 Å². The molecule has 0 unspecified atom stereocenters. The average molecular weight is 421 g/mol. The van der Waals surface area contributed by atoms with E-state index in [0.29, 0.717) is 29.9 Å². The van der Waals surface area contributed by atoms with Crippen LogP contribution in [0.3, 0.4) is 0 Å². The van der Waals surface area contributed by atoms with E-state index in [9.17, 15) is 18.9 Å². The van der Waals surface area contributed by atoms with Gasteiger partial charge in [-0.2, -0.15) is 14.8 Å². The van der Waals surface area contributed by atoms with Gasteiger partial charge in [0.05, 0.1) is 31.8 Å². The summed E-state index contributed by atoms with van der Waals surface area (Å²) in [6, 6.07) is 13.4. The quantitative estimate of drug-likeness (QED) is 0.759. The topological polar surface area (TPSA) is 88.2 Å². The molecule has 1 heterocycles. The lowest BCUT2D eigenvalue weighted by atomic mass is 10.1. The van der Waals surface area contributed by atoms with Crippen molar-refractivity contribution in [1.82, 2.24) is 4.31 Å². The summed E-state index contributed by atoms with van der Waals surface area (Å²) in [6.45, 7) is 1.20. The van der Waals surface area contributed by atoms with E-state index in [2.05, 4.69) is 12.1 Å². The van der Waals surface area contributed by atoms with Crippen molar-refractivity contribution in [1.29, 1.82) is 10.5 Å². The van der Waals surface area contributed by atoms with E-state index >= 15 is 0 Å². The second-order valence-corrected chi connectivity index (χ2v) is 8.64. The molecule has 0 atom stereocenters. The molecule has 0 saturated carbocycles. The van der Waals surface area contributed by atoms with E-state index in [1.165, 1.54) is 22.5 Å². The Morgan fingerprint density at radius 1 is 0.889 bits per heavy atom. The van der Waals surface area contributed by atoms with Crippen molar-refractivity contribution in [3.05, 3.63) is 57.6 Å². The highest BCUT2D eigenvalue weighted by Gasteiger charge is 2.30. The molecule has 6 nitrogen and oxygen atoms in total. The van der Waals surface area contributed by atoms with Crippen molar-refractivity contribution in [3.8, 4) is 12.1 Å². The fraction of sp³-hybridized carbons (Fsp3) is 0.222. The van der Waals surface area contributed by atoms with Gasteiger partial charge < -0.3 is 4.90 Å². The molecule has 1 saturated heterocycles. The third kappa shape index (κ3) is 3.73. The molecule has 2 aromatic carbocycles. The third-order valence-corrected chi connectivity index (χ3v) is 6.99. The molecule has 27 heavy (non-hydrogen) atoms. The molecule has 138 valence electrons. The van der Waals surface area contributed by atoms with Gasteiger partial charge in [-0.3, -0.25) is 0 Å². The van der Waals surface area contributed by atoms with E-state index in [4.69, 9.17) is 23.2 Å². The summed E-state index contributed by atoms with van der Waals surface area (Å²) in [5.41, 5.74) is 1.35. The van der Waals surface area contributed by atoms with Crippen LogP contribution in [0.25, 0.3) is 0 Å². The van der Waals surface area contributed by atoms with Gasteiger partial charge in [0.1, 0.15) is 12.1 Å². The lowest BCUT2D eigenvalue weighted by Gasteiger charge is -2.36. The molecule has 0 aromatic heterocycles. The summed E-state index contributed by atoms with van der Waals surface area (Å²) < 4.78 is 27.0. The minimum absolute atomic E-state index is 0.0838. The number of piperazine rings is 1. The van der Waals surface area contributed by atoms with Crippen LogP contribution in [0.15, 0.2) is 41.3 Å². The first-order chi connectivity index (χ1) is 12.9. The standard InChI is InChI=1S/C18H14Cl2N4O2S/c19-16-5-4-15(10-17(16)20)27(25,26)24-8-6-23(7-9-24)18-13(11-21)2-1-3-14(18)12-22/h1-5,10H,6-9H2. The second-order valence-electron chi connectivity index (χ2n) is 5.89. The van der Waals surface area contributed by atoms with Crippen LogP contribution in [0, 0.1) is 22.7 Å². The highest BCUT2D eigenvalue weighted by atomic mass is 35.5. The number of rotatable bonds is 3. The number of nitrogens with zero attached hydrogens (tertiary/aromatic N) is 4. The Kier molecular flexibility index (Phi) is 5.59. The Morgan fingerprint density at radius 3 is 2.00 bits per heavy atom. The van der Waals surface area contributed by atoms with Gasteiger partial charge in [-0.05, 0) is 30.3 Å². The maximum absolute atomic E-state index is 12.8. The minimum atomic E-state index is -3.70. The zero-order chi connectivity index (χ0) is 19.6. The van der Waals surface area contributed by atoms with Gasteiger partial charge in [-0.25, -0.2) is 8.42 Å². The first kappa shape index (κ1) is 19.5. The molecule has 1 fully saturated rings. The average Bonchev–Trinajstić information content (AvgIpc) is 2.69. The first-order valence-electron chi connectivity index (χ1n) is 8.02. The predicted octanol–water partition coefficient (Wildman–Crippen LogP) is 3.25. The molecule has 3 rings (SSSR count). The lowest BCUT2D eigenvalue weighted by Crippen LogP contribution is -2.49. The molecule has 0 bridgehead atoms. The summed E-state index contributed by atoms with van der Waals surface area (Å²) >= 11 is 11.8. The molecule has 0 aliphatic carbocycles. The molecule has 9 heteroatoms. The van der Waals surface area contributed by atoms with Crippen LogP contribution in [-0.4, -0.2) is 38.9 Å². The lowest BCUT2D eigenvalue weighted by molar-refractivity contribution is 0.385. The number of sulfonamides is 1. The number of hydrogen-bond donors (Lipinski definition) is 0. The second kappa shape index (κ2) is 7.75. The van der Waals surface area contributed by atoms with Crippen molar-refractivity contribution in [2.45, 2.75) is 4.90 Å². The van der Waals surface area contributed by atoms with Gasteiger partial charge >= 0.3 is 0 Å². The maximum Gasteiger partial charge on any atom is 0.243 e. The number of nitriles is 2. The van der Waals surface area contributed by atoms with Crippen molar-refractivity contribution < 1.29 is 8.42 Å². The number of halogens is 2. The fourth-order valence-corrected chi connectivity index (χ4v) is 4.81. The van der Waals surface area contributed by atoms with Crippen LogP contribution >= 0.6 is 23.2 Å². The Morgan fingerprint density at radius 2 is 1.48 bits per heavy atom. The number of para-hydroxylation sites is 1. The molecule has 2 aromatic rings. The molecule has 0 spiro atoms. The van der Waals surface area contributed by atoms with E-state index in [1.807, 2.05) is 4.90 Å². The van der Waals surface area contributed by atoms with Gasteiger partial charge in [0.2, 0.25) is 10.0 Å². The Labute approximate surface area is 167 Å².